The molecule has 1 N–H and O–H groups in total. The zero-order chi connectivity index (χ0) is 13.4. The van der Waals surface area contributed by atoms with Crippen LogP contribution in [0.25, 0.3) is 0 Å². The second-order valence-electron chi connectivity index (χ2n) is 3.61. The van der Waals surface area contributed by atoms with Crippen molar-refractivity contribution in [1.29, 1.82) is 0 Å². The number of nitrogens with one attached hydrogen (secondary N) is 1. The van der Waals surface area contributed by atoms with Gasteiger partial charge in [0.25, 0.3) is 0 Å². The van der Waals surface area contributed by atoms with Crippen molar-refractivity contribution in [3.05, 3.63) is 61.2 Å². The Kier molecular flexibility index (Phi) is 5.80. The molecule has 0 fully saturated rings. The van der Waals surface area contributed by atoms with E-state index in [1.54, 1.807) is 17.1 Å². The number of carbonyl (C=O) groups excluding carboxylic acids is 1. The van der Waals surface area contributed by atoms with Gasteiger partial charge in [-0.1, -0.05) is 54.7 Å². The molecule has 0 atom stereocenters. The summed E-state index contributed by atoms with van der Waals surface area (Å²) in [5, 5.41) is 2.69. The summed E-state index contributed by atoms with van der Waals surface area (Å²) in [7, 11) is 0. The molecule has 0 radical (unpaired) electrons. The number of benzene rings is 1. The molecule has 0 unspecified atom stereocenters. The third-order valence-electron chi connectivity index (χ3n) is 2.24. The number of amides is 2. The molecular formula is C14H16N2OS. The molecule has 1 aromatic carbocycles. The Morgan fingerprint density at radius 2 is 1.78 bits per heavy atom. The first kappa shape index (κ1) is 14.1. The van der Waals surface area contributed by atoms with E-state index in [0.717, 1.165) is 5.56 Å². The number of nitrogens with zero attached hydrogens (tertiary/aromatic N) is 1. The first-order valence-corrected chi connectivity index (χ1v) is 5.97. The number of carbonyl (C=O) groups is 1. The maximum absolute atomic E-state index is 11.9. The summed E-state index contributed by atoms with van der Waals surface area (Å²) in [5.74, 6) is 0. The fraction of sp³-hybridized carbons (Fsp3) is 0.143. The Morgan fingerprint density at radius 3 is 2.28 bits per heavy atom. The van der Waals surface area contributed by atoms with Gasteiger partial charge in [-0.15, -0.1) is 13.2 Å². The van der Waals surface area contributed by atoms with Gasteiger partial charge in [-0.3, -0.25) is 5.32 Å². The third kappa shape index (κ3) is 4.14. The van der Waals surface area contributed by atoms with Crippen molar-refractivity contribution in [3.8, 4) is 0 Å². The van der Waals surface area contributed by atoms with E-state index in [2.05, 4.69) is 18.5 Å². The summed E-state index contributed by atoms with van der Waals surface area (Å²) in [5.41, 5.74) is 0.818. The normalized spacial score (nSPS) is 9.33. The summed E-state index contributed by atoms with van der Waals surface area (Å²) < 4.78 is 0. The third-order valence-corrected chi connectivity index (χ3v) is 2.58. The molecule has 2 amide bonds. The smallest absolute Gasteiger partial charge is 0.317 e. The Morgan fingerprint density at radius 1 is 1.22 bits per heavy atom. The second kappa shape index (κ2) is 7.40. The number of rotatable bonds is 5. The van der Waals surface area contributed by atoms with Gasteiger partial charge in [0.1, 0.15) is 4.99 Å². The molecule has 1 rings (SSSR count). The Balaban J connectivity index is 2.65. The van der Waals surface area contributed by atoms with Gasteiger partial charge < -0.3 is 4.90 Å². The predicted molar refractivity (Wildman–Crippen MR) is 78.6 cm³/mol. The lowest BCUT2D eigenvalue weighted by Gasteiger charge is -2.20. The molecule has 18 heavy (non-hydrogen) atoms. The number of hydrogen-bond acceptors (Lipinski definition) is 2. The van der Waals surface area contributed by atoms with Crippen LogP contribution in [0.5, 0.6) is 0 Å². The molecule has 4 heteroatoms. The summed E-state index contributed by atoms with van der Waals surface area (Å²) in [4.78, 5) is 13.9. The lowest BCUT2D eigenvalue weighted by atomic mass is 10.2. The Hall–Kier alpha value is -1.94. The van der Waals surface area contributed by atoms with Crippen molar-refractivity contribution >= 4 is 23.2 Å². The SMILES string of the molecule is C=CCN(CC=C)C(=O)NC(=S)c1ccccc1. The molecule has 1 aromatic rings. The van der Waals surface area contributed by atoms with E-state index in [-0.39, 0.29) is 6.03 Å². The first-order chi connectivity index (χ1) is 8.69. The molecule has 0 aromatic heterocycles. The van der Waals surface area contributed by atoms with Gasteiger partial charge in [-0.25, -0.2) is 4.79 Å². The summed E-state index contributed by atoms with van der Waals surface area (Å²) in [6.07, 6.45) is 3.32. The second-order valence-corrected chi connectivity index (χ2v) is 4.02. The average molecular weight is 260 g/mol. The van der Waals surface area contributed by atoms with E-state index < -0.39 is 0 Å². The topological polar surface area (TPSA) is 32.3 Å². The molecule has 0 bridgehead atoms. The van der Waals surface area contributed by atoms with E-state index in [9.17, 15) is 4.79 Å². The van der Waals surface area contributed by atoms with E-state index in [1.807, 2.05) is 30.3 Å². The Labute approximate surface area is 113 Å². The fourth-order valence-electron chi connectivity index (χ4n) is 1.39. The summed E-state index contributed by atoms with van der Waals surface area (Å²) >= 11 is 5.17. The minimum atomic E-state index is -0.247. The monoisotopic (exact) mass is 260 g/mol. The molecule has 0 aliphatic rings. The van der Waals surface area contributed by atoms with E-state index in [1.165, 1.54) is 0 Å². The summed E-state index contributed by atoms with van der Waals surface area (Å²) in [6.45, 7) is 8.13. The number of thiocarbonyl (C=S) groups is 1. The van der Waals surface area contributed by atoms with Crippen LogP contribution in [0.2, 0.25) is 0 Å². The van der Waals surface area contributed by atoms with Crippen LogP contribution < -0.4 is 5.32 Å². The highest BCUT2D eigenvalue weighted by Crippen LogP contribution is 2.00. The van der Waals surface area contributed by atoms with Gasteiger partial charge in [0.05, 0.1) is 0 Å². The van der Waals surface area contributed by atoms with Crippen molar-refractivity contribution in [1.82, 2.24) is 10.2 Å². The van der Waals surface area contributed by atoms with Gasteiger partial charge in [-0.05, 0) is 0 Å². The standard InChI is InChI=1S/C14H16N2OS/c1-3-10-16(11-4-2)14(17)15-13(18)12-8-6-5-7-9-12/h3-9H,1-2,10-11H2,(H,15,17,18). The lowest BCUT2D eigenvalue weighted by Crippen LogP contribution is -2.42. The van der Waals surface area contributed by atoms with E-state index in [0.29, 0.717) is 18.1 Å². The van der Waals surface area contributed by atoms with Crippen molar-refractivity contribution in [2.24, 2.45) is 0 Å². The quantitative estimate of drug-likeness (QED) is 0.652. The fourth-order valence-corrected chi connectivity index (χ4v) is 1.61. The van der Waals surface area contributed by atoms with Gasteiger partial charge >= 0.3 is 6.03 Å². The van der Waals surface area contributed by atoms with Gasteiger partial charge in [-0.2, -0.15) is 0 Å². The van der Waals surface area contributed by atoms with E-state index in [4.69, 9.17) is 12.2 Å². The van der Waals surface area contributed by atoms with Crippen molar-refractivity contribution in [2.75, 3.05) is 13.1 Å². The van der Waals surface area contributed by atoms with Crippen LogP contribution in [-0.4, -0.2) is 29.0 Å². The minimum absolute atomic E-state index is 0.247. The van der Waals surface area contributed by atoms with Crippen molar-refractivity contribution < 1.29 is 4.79 Å². The van der Waals surface area contributed by atoms with Crippen LogP contribution in [0.15, 0.2) is 55.6 Å². The first-order valence-electron chi connectivity index (χ1n) is 5.56. The molecule has 0 heterocycles. The number of urea groups is 1. The van der Waals surface area contributed by atoms with Crippen molar-refractivity contribution in [3.63, 3.8) is 0 Å². The maximum atomic E-state index is 11.9. The maximum Gasteiger partial charge on any atom is 0.323 e. The minimum Gasteiger partial charge on any atom is -0.317 e. The lowest BCUT2D eigenvalue weighted by molar-refractivity contribution is 0.213. The van der Waals surface area contributed by atoms with Crippen molar-refractivity contribution in [2.45, 2.75) is 0 Å². The largest absolute Gasteiger partial charge is 0.323 e. The predicted octanol–water partition coefficient (Wildman–Crippen LogP) is 2.75. The highest BCUT2D eigenvalue weighted by Gasteiger charge is 2.12. The van der Waals surface area contributed by atoms with Gasteiger partial charge in [0.15, 0.2) is 0 Å². The molecule has 94 valence electrons. The van der Waals surface area contributed by atoms with Crippen LogP contribution in [-0.2, 0) is 0 Å². The zero-order valence-electron chi connectivity index (χ0n) is 10.1. The van der Waals surface area contributed by atoms with Crippen LogP contribution in [0.4, 0.5) is 4.79 Å². The summed E-state index contributed by atoms with van der Waals surface area (Å²) in [6, 6.07) is 9.11. The van der Waals surface area contributed by atoms with Gasteiger partial charge in [0, 0.05) is 18.7 Å². The molecule has 3 nitrogen and oxygen atoms in total. The average Bonchev–Trinajstić information content (AvgIpc) is 2.39. The molecule has 0 aliphatic carbocycles. The van der Waals surface area contributed by atoms with E-state index >= 15 is 0 Å². The molecule has 0 aliphatic heterocycles. The van der Waals surface area contributed by atoms with Crippen LogP contribution >= 0.6 is 12.2 Å². The Bertz CT molecular complexity index is 432. The molecule has 0 saturated carbocycles. The zero-order valence-corrected chi connectivity index (χ0v) is 11.0. The van der Waals surface area contributed by atoms with Crippen LogP contribution in [0.1, 0.15) is 5.56 Å². The highest BCUT2D eigenvalue weighted by atomic mass is 32.1. The molecule has 0 saturated heterocycles. The molecule has 0 spiro atoms. The van der Waals surface area contributed by atoms with Crippen LogP contribution in [0.3, 0.4) is 0 Å². The molecular weight excluding hydrogens is 244 g/mol. The highest BCUT2D eigenvalue weighted by molar-refractivity contribution is 7.80. The van der Waals surface area contributed by atoms with Gasteiger partial charge in [0.2, 0.25) is 0 Å². The number of hydrogen-bond donors (Lipinski definition) is 1. The van der Waals surface area contributed by atoms with Crippen LogP contribution in [0, 0.1) is 0 Å².